The lowest BCUT2D eigenvalue weighted by Crippen LogP contribution is -2.28. The fraction of sp³-hybridized carbons (Fsp3) is 0.500. The zero-order valence-electron chi connectivity index (χ0n) is 11.1. The van der Waals surface area contributed by atoms with Crippen molar-refractivity contribution in [1.82, 2.24) is 15.2 Å². The number of hydrogen-bond acceptors (Lipinski definition) is 4. The predicted octanol–water partition coefficient (Wildman–Crippen LogP) is 1.66. The maximum atomic E-state index is 11.6. The van der Waals surface area contributed by atoms with Gasteiger partial charge in [-0.15, -0.1) is 10.2 Å². The molecule has 0 aliphatic heterocycles. The quantitative estimate of drug-likeness (QED) is 0.790. The van der Waals surface area contributed by atoms with E-state index >= 15 is 0 Å². The molecule has 3 atom stereocenters. The van der Waals surface area contributed by atoms with E-state index in [1.165, 1.54) is 25.7 Å². The van der Waals surface area contributed by atoms with Gasteiger partial charge in [0.25, 0.3) is 5.91 Å². The Morgan fingerprint density at radius 3 is 2.95 bits per heavy atom. The highest BCUT2D eigenvalue weighted by Crippen LogP contribution is 2.46. The zero-order chi connectivity index (χ0) is 13.7. The van der Waals surface area contributed by atoms with Crippen LogP contribution >= 0.6 is 0 Å². The fourth-order valence-electron chi connectivity index (χ4n) is 3.85. The first kappa shape index (κ1) is 11.7. The van der Waals surface area contributed by atoms with E-state index in [2.05, 4.69) is 20.5 Å². The van der Waals surface area contributed by atoms with Crippen LogP contribution in [0.3, 0.4) is 0 Å². The number of carbonyl (C=O) groups is 1. The summed E-state index contributed by atoms with van der Waals surface area (Å²) in [5, 5.41) is 12.4. The van der Waals surface area contributed by atoms with Gasteiger partial charge in [0, 0.05) is 17.6 Å². The van der Waals surface area contributed by atoms with E-state index in [-0.39, 0.29) is 5.69 Å². The molecule has 2 heterocycles. The number of aromatic nitrogens is 3. The maximum absolute atomic E-state index is 11.6. The molecule has 2 aromatic heterocycles. The van der Waals surface area contributed by atoms with Crippen molar-refractivity contribution in [2.24, 2.45) is 17.6 Å². The van der Waals surface area contributed by atoms with Gasteiger partial charge in [0.1, 0.15) is 0 Å². The van der Waals surface area contributed by atoms with Gasteiger partial charge in [-0.05, 0) is 37.2 Å². The van der Waals surface area contributed by atoms with Gasteiger partial charge in [0.15, 0.2) is 11.3 Å². The molecule has 6 nitrogen and oxygen atoms in total. The van der Waals surface area contributed by atoms with Gasteiger partial charge in [0.05, 0.1) is 5.69 Å². The molecule has 4 rings (SSSR count). The molecular formula is C14H17N5O. The van der Waals surface area contributed by atoms with E-state index in [4.69, 9.17) is 5.73 Å². The Kier molecular flexibility index (Phi) is 2.45. The predicted molar refractivity (Wildman–Crippen MR) is 75.3 cm³/mol. The summed E-state index contributed by atoms with van der Waals surface area (Å²) in [7, 11) is 0. The summed E-state index contributed by atoms with van der Waals surface area (Å²) >= 11 is 0. The third-order valence-electron chi connectivity index (χ3n) is 4.78. The van der Waals surface area contributed by atoms with Gasteiger partial charge in [0.2, 0.25) is 0 Å². The number of amides is 1. The normalized spacial score (nSPS) is 28.1. The molecule has 2 bridgehead atoms. The smallest absolute Gasteiger partial charge is 0.271 e. The first-order chi connectivity index (χ1) is 9.72. The summed E-state index contributed by atoms with van der Waals surface area (Å²) in [4.78, 5) is 14.6. The molecular weight excluding hydrogens is 254 g/mol. The molecule has 104 valence electrons. The molecule has 0 saturated heterocycles. The summed E-state index contributed by atoms with van der Waals surface area (Å²) in [5.41, 5.74) is 7.09. The summed E-state index contributed by atoms with van der Waals surface area (Å²) in [6, 6.07) is 2.33. The molecule has 20 heavy (non-hydrogen) atoms. The van der Waals surface area contributed by atoms with Gasteiger partial charge >= 0.3 is 0 Å². The van der Waals surface area contributed by atoms with Crippen LogP contribution in [0.25, 0.3) is 11.0 Å². The first-order valence-electron chi connectivity index (χ1n) is 7.12. The zero-order valence-corrected chi connectivity index (χ0v) is 11.1. The van der Waals surface area contributed by atoms with Gasteiger partial charge in [-0.2, -0.15) is 0 Å². The fourth-order valence-corrected chi connectivity index (χ4v) is 3.85. The molecule has 1 amide bonds. The minimum absolute atomic E-state index is 0.236. The van der Waals surface area contributed by atoms with Gasteiger partial charge in [-0.25, -0.2) is 0 Å². The van der Waals surface area contributed by atoms with Gasteiger partial charge in [-0.1, -0.05) is 6.42 Å². The van der Waals surface area contributed by atoms with Crippen molar-refractivity contribution in [3.05, 3.63) is 18.0 Å². The Morgan fingerprint density at radius 1 is 1.35 bits per heavy atom. The van der Waals surface area contributed by atoms with Crippen LogP contribution in [0.2, 0.25) is 0 Å². The van der Waals surface area contributed by atoms with Crippen LogP contribution in [0.15, 0.2) is 12.3 Å². The van der Waals surface area contributed by atoms with Crippen LogP contribution in [0, 0.1) is 11.8 Å². The topological polar surface area (TPSA) is 96.7 Å². The van der Waals surface area contributed by atoms with Crippen LogP contribution in [-0.2, 0) is 0 Å². The lowest BCUT2D eigenvalue weighted by molar-refractivity contribution is 0.0995. The number of fused-ring (bicyclic) bond motifs is 3. The number of anilines is 1. The van der Waals surface area contributed by atoms with Crippen molar-refractivity contribution in [1.29, 1.82) is 0 Å². The highest BCUT2D eigenvalue weighted by Gasteiger charge is 2.40. The van der Waals surface area contributed by atoms with Crippen molar-refractivity contribution in [2.45, 2.75) is 31.7 Å². The number of rotatable bonds is 3. The summed E-state index contributed by atoms with van der Waals surface area (Å²) in [5.74, 6) is 1.01. The average molecular weight is 271 g/mol. The number of hydrogen-bond donors (Lipinski definition) is 3. The Balaban J connectivity index is 1.75. The van der Waals surface area contributed by atoms with E-state index in [9.17, 15) is 4.79 Å². The average Bonchev–Trinajstić information content (AvgIpc) is 3.14. The van der Waals surface area contributed by atoms with E-state index in [0.29, 0.717) is 17.6 Å². The molecule has 6 heteroatoms. The number of nitrogens with one attached hydrogen (secondary N) is 2. The molecule has 2 unspecified atom stereocenters. The minimum atomic E-state index is -0.536. The number of primary amides is 1. The van der Waals surface area contributed by atoms with Gasteiger partial charge < -0.3 is 16.0 Å². The first-order valence-corrected chi connectivity index (χ1v) is 7.12. The second-order valence-electron chi connectivity index (χ2n) is 5.95. The molecule has 2 aromatic rings. The lowest BCUT2D eigenvalue weighted by Gasteiger charge is -2.24. The Labute approximate surface area is 116 Å². The highest BCUT2D eigenvalue weighted by molar-refractivity contribution is 6.04. The third-order valence-corrected chi connectivity index (χ3v) is 4.78. The Hall–Kier alpha value is -2.11. The van der Waals surface area contributed by atoms with Crippen LogP contribution in [-0.4, -0.2) is 27.1 Å². The second-order valence-corrected chi connectivity index (χ2v) is 5.95. The number of nitrogens with two attached hydrogens (primary N) is 1. The Bertz CT molecular complexity index is 679. The van der Waals surface area contributed by atoms with Crippen LogP contribution in [0.5, 0.6) is 0 Å². The van der Waals surface area contributed by atoms with Crippen molar-refractivity contribution in [3.63, 3.8) is 0 Å². The van der Waals surface area contributed by atoms with E-state index in [0.717, 1.165) is 17.0 Å². The molecule has 2 fully saturated rings. The molecule has 0 spiro atoms. The number of nitrogens with zero attached hydrogens (tertiary/aromatic N) is 2. The maximum Gasteiger partial charge on any atom is 0.271 e. The largest absolute Gasteiger partial charge is 0.379 e. The van der Waals surface area contributed by atoms with Crippen LogP contribution in [0.1, 0.15) is 36.2 Å². The molecule has 2 saturated carbocycles. The van der Waals surface area contributed by atoms with E-state index < -0.39 is 5.91 Å². The molecule has 4 N–H and O–H groups in total. The van der Waals surface area contributed by atoms with Crippen molar-refractivity contribution >= 4 is 22.6 Å². The highest BCUT2D eigenvalue weighted by atomic mass is 16.1. The second kappa shape index (κ2) is 4.19. The van der Waals surface area contributed by atoms with Crippen molar-refractivity contribution in [2.75, 3.05) is 5.32 Å². The lowest BCUT2D eigenvalue weighted by atomic mass is 9.95. The molecule has 2 aliphatic carbocycles. The molecule has 0 aromatic carbocycles. The standard InChI is InChI=1S/C14H17N5O/c15-13(20)12-11(9-3-4-16-14(9)19-18-12)17-10-6-7-1-2-8(10)5-7/h3-4,7-8,10H,1-2,5-6H2,(H2,15,20)(H2,16,17,19)/t7?,8?,10-/m0/s1. The summed E-state index contributed by atoms with van der Waals surface area (Å²) < 4.78 is 0. The molecule has 0 radical (unpaired) electrons. The molecule has 2 aliphatic rings. The summed E-state index contributed by atoms with van der Waals surface area (Å²) in [6.45, 7) is 0. The SMILES string of the molecule is NC(=O)c1nnc2[nH]ccc2c1N[C@H]1CC2CCC1C2. The van der Waals surface area contributed by atoms with Gasteiger partial charge in [-0.3, -0.25) is 4.79 Å². The monoisotopic (exact) mass is 271 g/mol. The number of H-pyrrole nitrogens is 1. The number of aromatic amines is 1. The minimum Gasteiger partial charge on any atom is -0.379 e. The number of carbonyl (C=O) groups excluding carboxylic acids is 1. The van der Waals surface area contributed by atoms with E-state index in [1.807, 2.05) is 6.07 Å². The van der Waals surface area contributed by atoms with E-state index in [1.54, 1.807) is 6.20 Å². The summed E-state index contributed by atoms with van der Waals surface area (Å²) in [6.07, 6.45) is 6.91. The van der Waals surface area contributed by atoms with Crippen LogP contribution in [0.4, 0.5) is 5.69 Å². The Morgan fingerprint density at radius 2 is 2.25 bits per heavy atom. The van der Waals surface area contributed by atoms with Crippen LogP contribution < -0.4 is 11.1 Å². The van der Waals surface area contributed by atoms with Crippen molar-refractivity contribution in [3.8, 4) is 0 Å². The van der Waals surface area contributed by atoms with Crippen molar-refractivity contribution < 1.29 is 4.79 Å². The third kappa shape index (κ3) is 1.67.